The van der Waals surface area contributed by atoms with Crippen molar-refractivity contribution in [3.8, 4) is 0 Å². The van der Waals surface area contributed by atoms with Gasteiger partial charge in [-0.25, -0.2) is 0 Å². The summed E-state index contributed by atoms with van der Waals surface area (Å²) in [6.45, 7) is 0. The topological polar surface area (TPSA) is 135 Å². The number of hydrazone groups is 1. The number of nitrogens with zero attached hydrogens (tertiary/aromatic N) is 5. The van der Waals surface area contributed by atoms with Crippen LogP contribution in [0.4, 0.5) is 22.7 Å². The minimum Gasteiger partial charge on any atom is -0.277 e. The van der Waals surface area contributed by atoms with Crippen molar-refractivity contribution in [3.05, 3.63) is 68.8 Å². The molecule has 0 aliphatic carbocycles. The third-order valence-corrected chi connectivity index (χ3v) is 2.61. The van der Waals surface area contributed by atoms with Crippen LogP contribution in [0.3, 0.4) is 0 Å². The number of nitro benzene ring substituents is 2. The fraction of sp³-hybridized carbons (Fsp3) is 0. The van der Waals surface area contributed by atoms with E-state index in [2.05, 4.69) is 20.8 Å². The SMILES string of the molecule is O=[N+]([O-])c1ccc(N=NC=NNc2ccc([N+](=O)[O-])cc2)cc1. The van der Waals surface area contributed by atoms with E-state index in [9.17, 15) is 20.2 Å². The number of nitro groups is 2. The number of hydrogen-bond acceptors (Lipinski definition) is 7. The standard InChI is InChI=1S/C13H10N6O4/c20-18(21)12-5-1-10(2-6-12)16-14-9-15-17-11-3-7-13(8-4-11)19(22)23/h1-9,16H. The van der Waals surface area contributed by atoms with Gasteiger partial charge in [-0.3, -0.25) is 25.7 Å². The molecule has 116 valence electrons. The predicted molar refractivity (Wildman–Crippen MR) is 82.8 cm³/mol. The van der Waals surface area contributed by atoms with Gasteiger partial charge in [0.05, 0.1) is 21.2 Å². The van der Waals surface area contributed by atoms with Gasteiger partial charge >= 0.3 is 0 Å². The Bertz CT molecular complexity index is 755. The van der Waals surface area contributed by atoms with Gasteiger partial charge in [0.15, 0.2) is 6.34 Å². The second-order valence-electron chi connectivity index (χ2n) is 4.15. The molecule has 0 saturated heterocycles. The molecule has 1 N–H and O–H groups in total. The van der Waals surface area contributed by atoms with Crippen molar-refractivity contribution in [1.29, 1.82) is 0 Å². The Morgan fingerprint density at radius 1 is 0.870 bits per heavy atom. The van der Waals surface area contributed by atoms with E-state index in [0.29, 0.717) is 11.4 Å². The smallest absolute Gasteiger partial charge is 0.269 e. The quantitative estimate of drug-likeness (QED) is 0.285. The maximum Gasteiger partial charge on any atom is 0.269 e. The summed E-state index contributed by atoms with van der Waals surface area (Å²) in [4.78, 5) is 20.0. The number of azo groups is 1. The predicted octanol–water partition coefficient (Wildman–Crippen LogP) is 3.64. The minimum atomic E-state index is -0.503. The summed E-state index contributed by atoms with van der Waals surface area (Å²) in [6.07, 6.45) is 1.14. The number of hydrogen-bond donors (Lipinski definition) is 1. The molecule has 2 aromatic carbocycles. The summed E-state index contributed by atoms with van der Waals surface area (Å²) in [5.74, 6) is 0. The van der Waals surface area contributed by atoms with Crippen molar-refractivity contribution in [3.63, 3.8) is 0 Å². The van der Waals surface area contributed by atoms with Crippen LogP contribution in [-0.4, -0.2) is 16.2 Å². The van der Waals surface area contributed by atoms with Gasteiger partial charge in [0.2, 0.25) is 0 Å². The van der Waals surface area contributed by atoms with Crippen LogP contribution in [0.25, 0.3) is 0 Å². The van der Waals surface area contributed by atoms with Crippen molar-refractivity contribution >= 4 is 29.1 Å². The lowest BCUT2D eigenvalue weighted by Crippen LogP contribution is -1.90. The molecule has 0 saturated carbocycles. The third kappa shape index (κ3) is 4.67. The normalized spacial score (nSPS) is 11.0. The van der Waals surface area contributed by atoms with Gasteiger partial charge in [0, 0.05) is 24.3 Å². The first-order valence-corrected chi connectivity index (χ1v) is 6.23. The Balaban J connectivity index is 1.88. The molecular formula is C13H10N6O4. The first-order valence-electron chi connectivity index (χ1n) is 6.23. The molecule has 2 rings (SSSR count). The Hall–Kier alpha value is -3.69. The highest BCUT2D eigenvalue weighted by atomic mass is 16.6. The lowest BCUT2D eigenvalue weighted by atomic mass is 10.3. The molecule has 10 nitrogen and oxygen atoms in total. The van der Waals surface area contributed by atoms with Crippen LogP contribution in [-0.2, 0) is 0 Å². The van der Waals surface area contributed by atoms with Crippen molar-refractivity contribution in [2.75, 3.05) is 5.43 Å². The van der Waals surface area contributed by atoms with Crippen LogP contribution in [0, 0.1) is 20.2 Å². The zero-order chi connectivity index (χ0) is 16.7. The van der Waals surface area contributed by atoms with Crippen LogP contribution >= 0.6 is 0 Å². The van der Waals surface area contributed by atoms with Gasteiger partial charge in [0.25, 0.3) is 11.4 Å². The maximum atomic E-state index is 10.5. The molecule has 2 aromatic rings. The highest BCUT2D eigenvalue weighted by molar-refractivity contribution is 5.58. The average Bonchev–Trinajstić information content (AvgIpc) is 2.55. The van der Waals surface area contributed by atoms with Crippen molar-refractivity contribution in [2.45, 2.75) is 0 Å². The second-order valence-corrected chi connectivity index (χ2v) is 4.15. The molecule has 0 heterocycles. The Morgan fingerprint density at radius 3 is 1.91 bits per heavy atom. The van der Waals surface area contributed by atoms with E-state index in [1.54, 1.807) is 0 Å². The molecule has 0 amide bonds. The molecule has 23 heavy (non-hydrogen) atoms. The molecule has 0 fully saturated rings. The first kappa shape index (κ1) is 15.7. The molecule has 0 spiro atoms. The van der Waals surface area contributed by atoms with E-state index in [1.165, 1.54) is 48.5 Å². The number of anilines is 1. The fourth-order valence-electron chi connectivity index (χ4n) is 1.52. The Labute approximate surface area is 129 Å². The molecule has 10 heteroatoms. The van der Waals surface area contributed by atoms with Gasteiger partial charge in [0.1, 0.15) is 0 Å². The van der Waals surface area contributed by atoms with Gasteiger partial charge in [-0.2, -0.15) is 5.10 Å². The summed E-state index contributed by atoms with van der Waals surface area (Å²) >= 11 is 0. The molecule has 0 atom stereocenters. The van der Waals surface area contributed by atoms with Crippen molar-refractivity contribution < 1.29 is 9.85 Å². The average molecular weight is 314 g/mol. The van der Waals surface area contributed by atoms with E-state index in [1.807, 2.05) is 0 Å². The summed E-state index contributed by atoms with van der Waals surface area (Å²) < 4.78 is 0. The highest BCUT2D eigenvalue weighted by Gasteiger charge is 2.03. The van der Waals surface area contributed by atoms with E-state index < -0.39 is 9.85 Å². The highest BCUT2D eigenvalue weighted by Crippen LogP contribution is 2.18. The van der Waals surface area contributed by atoms with E-state index in [-0.39, 0.29) is 11.4 Å². The van der Waals surface area contributed by atoms with Crippen molar-refractivity contribution in [1.82, 2.24) is 0 Å². The molecule has 0 unspecified atom stereocenters. The summed E-state index contributed by atoms with van der Waals surface area (Å²) in [7, 11) is 0. The number of benzene rings is 2. The van der Waals surface area contributed by atoms with Crippen LogP contribution in [0.5, 0.6) is 0 Å². The monoisotopic (exact) mass is 314 g/mol. The molecule has 0 aliphatic rings. The molecular weight excluding hydrogens is 304 g/mol. The first-order chi connectivity index (χ1) is 11.1. The molecule has 0 aliphatic heterocycles. The molecule has 0 aromatic heterocycles. The molecule has 0 radical (unpaired) electrons. The van der Waals surface area contributed by atoms with Crippen LogP contribution < -0.4 is 5.43 Å². The second kappa shape index (κ2) is 7.36. The molecule has 0 bridgehead atoms. The number of rotatable bonds is 6. The minimum absolute atomic E-state index is 0.0163. The maximum absolute atomic E-state index is 10.5. The van der Waals surface area contributed by atoms with Crippen LogP contribution in [0.1, 0.15) is 0 Å². The van der Waals surface area contributed by atoms with Crippen LogP contribution in [0.15, 0.2) is 63.9 Å². The number of non-ortho nitro benzene ring substituents is 2. The Morgan fingerprint density at radius 2 is 1.39 bits per heavy atom. The fourth-order valence-corrected chi connectivity index (χ4v) is 1.52. The summed E-state index contributed by atoms with van der Waals surface area (Å²) in [5.41, 5.74) is 3.57. The van der Waals surface area contributed by atoms with E-state index >= 15 is 0 Å². The zero-order valence-corrected chi connectivity index (χ0v) is 11.6. The Kier molecular flexibility index (Phi) is 5.02. The van der Waals surface area contributed by atoms with E-state index in [4.69, 9.17) is 0 Å². The van der Waals surface area contributed by atoms with Gasteiger partial charge in [-0.15, -0.1) is 10.2 Å². The largest absolute Gasteiger partial charge is 0.277 e. The van der Waals surface area contributed by atoms with Gasteiger partial charge in [-0.05, 0) is 24.3 Å². The van der Waals surface area contributed by atoms with E-state index in [0.717, 1.165) is 6.34 Å². The number of nitrogens with one attached hydrogen (secondary N) is 1. The summed E-state index contributed by atoms with van der Waals surface area (Å²) in [6, 6.07) is 11.2. The summed E-state index contributed by atoms with van der Waals surface area (Å²) in [5, 5.41) is 32.2. The van der Waals surface area contributed by atoms with Gasteiger partial charge in [-0.1, -0.05) is 0 Å². The zero-order valence-electron chi connectivity index (χ0n) is 11.6. The van der Waals surface area contributed by atoms with Crippen LogP contribution in [0.2, 0.25) is 0 Å². The lowest BCUT2D eigenvalue weighted by Gasteiger charge is -1.97. The third-order valence-electron chi connectivity index (χ3n) is 2.61. The van der Waals surface area contributed by atoms with Gasteiger partial charge < -0.3 is 0 Å². The lowest BCUT2D eigenvalue weighted by molar-refractivity contribution is -0.385. The van der Waals surface area contributed by atoms with Crippen molar-refractivity contribution in [2.24, 2.45) is 15.3 Å².